The van der Waals surface area contributed by atoms with Gasteiger partial charge in [0.1, 0.15) is 0 Å². The van der Waals surface area contributed by atoms with E-state index in [-0.39, 0.29) is 17.2 Å². The van der Waals surface area contributed by atoms with Gasteiger partial charge in [-0.15, -0.1) is 0 Å². The molecular weight excluding hydrogens is 256 g/mol. The van der Waals surface area contributed by atoms with Gasteiger partial charge in [-0.3, -0.25) is 9.78 Å². The van der Waals surface area contributed by atoms with Gasteiger partial charge in [0, 0.05) is 12.4 Å². The molecule has 5 nitrogen and oxygen atoms in total. The highest BCUT2D eigenvalue weighted by Gasteiger charge is 2.15. The number of nitrogens with zero attached hydrogens (tertiary/aromatic N) is 1. The van der Waals surface area contributed by atoms with E-state index in [4.69, 9.17) is 0 Å². The number of carboxylic acids is 1. The average Bonchev–Trinajstić information content (AvgIpc) is 2.38. The van der Waals surface area contributed by atoms with Crippen LogP contribution in [-0.4, -0.2) is 22.0 Å². The molecule has 0 aliphatic heterocycles. The number of pyridine rings is 1. The van der Waals surface area contributed by atoms with Gasteiger partial charge in [-0.1, -0.05) is 12.1 Å². The Morgan fingerprint density at radius 2 is 1.95 bits per heavy atom. The molecule has 1 aromatic heterocycles. The van der Waals surface area contributed by atoms with Crippen LogP contribution < -0.4 is 5.32 Å². The second-order valence-corrected chi connectivity index (χ2v) is 4.51. The number of carbonyl (C=O) groups excluding carboxylic acids is 1. The summed E-state index contributed by atoms with van der Waals surface area (Å²) in [7, 11) is 0. The number of anilines is 1. The molecule has 2 N–H and O–H groups in total. The maximum absolute atomic E-state index is 12.1. The Hall–Kier alpha value is -2.69. The predicted molar refractivity (Wildman–Crippen MR) is 75.1 cm³/mol. The van der Waals surface area contributed by atoms with Crippen molar-refractivity contribution in [1.82, 2.24) is 4.98 Å². The number of benzene rings is 1. The summed E-state index contributed by atoms with van der Waals surface area (Å²) < 4.78 is 0. The van der Waals surface area contributed by atoms with Gasteiger partial charge >= 0.3 is 5.97 Å². The van der Waals surface area contributed by atoms with Crippen LogP contribution in [0, 0.1) is 13.8 Å². The molecule has 5 heteroatoms. The van der Waals surface area contributed by atoms with Crippen molar-refractivity contribution in [2.24, 2.45) is 0 Å². The molecule has 0 atom stereocenters. The molecule has 2 rings (SSSR count). The van der Waals surface area contributed by atoms with Crippen LogP contribution in [0.15, 0.2) is 36.7 Å². The number of aryl methyl sites for hydroxylation is 2. The van der Waals surface area contributed by atoms with E-state index in [0.29, 0.717) is 11.1 Å². The van der Waals surface area contributed by atoms with Crippen LogP contribution in [0.3, 0.4) is 0 Å². The van der Waals surface area contributed by atoms with Gasteiger partial charge in [0.15, 0.2) is 0 Å². The summed E-state index contributed by atoms with van der Waals surface area (Å²) in [4.78, 5) is 27.3. The summed E-state index contributed by atoms with van der Waals surface area (Å²) in [5.74, 6) is -1.45. The fraction of sp³-hybridized carbons (Fsp3) is 0.133. The summed E-state index contributed by atoms with van der Waals surface area (Å²) in [6, 6.07) is 6.65. The molecule has 0 saturated heterocycles. The highest BCUT2D eigenvalue weighted by atomic mass is 16.4. The first-order valence-corrected chi connectivity index (χ1v) is 6.05. The Bertz CT molecular complexity index is 681. The topological polar surface area (TPSA) is 79.3 Å². The summed E-state index contributed by atoms with van der Waals surface area (Å²) in [5.41, 5.74) is 2.23. The lowest BCUT2D eigenvalue weighted by Gasteiger charge is -2.10. The molecule has 1 aromatic carbocycles. The first-order chi connectivity index (χ1) is 9.49. The Labute approximate surface area is 116 Å². The first-order valence-electron chi connectivity index (χ1n) is 6.05. The molecule has 1 amide bonds. The summed E-state index contributed by atoms with van der Waals surface area (Å²) in [6.45, 7) is 3.52. The van der Waals surface area contributed by atoms with Crippen molar-refractivity contribution < 1.29 is 14.7 Å². The largest absolute Gasteiger partial charge is 0.478 e. The number of aromatic carboxylic acids is 1. The van der Waals surface area contributed by atoms with Gasteiger partial charge in [0.25, 0.3) is 5.91 Å². The van der Waals surface area contributed by atoms with Crippen molar-refractivity contribution in [3.63, 3.8) is 0 Å². The van der Waals surface area contributed by atoms with Crippen molar-refractivity contribution in [2.75, 3.05) is 5.32 Å². The second-order valence-electron chi connectivity index (χ2n) is 4.51. The van der Waals surface area contributed by atoms with E-state index >= 15 is 0 Å². The average molecular weight is 270 g/mol. The van der Waals surface area contributed by atoms with Crippen LogP contribution in [0.1, 0.15) is 31.8 Å². The van der Waals surface area contributed by atoms with Crippen LogP contribution in [0.5, 0.6) is 0 Å². The number of hydrogen-bond donors (Lipinski definition) is 2. The lowest BCUT2D eigenvalue weighted by Crippen LogP contribution is -2.16. The molecule has 0 unspecified atom stereocenters. The minimum Gasteiger partial charge on any atom is -0.478 e. The fourth-order valence-electron chi connectivity index (χ4n) is 1.93. The molecule has 1 heterocycles. The van der Waals surface area contributed by atoms with E-state index < -0.39 is 5.97 Å². The number of amides is 1. The van der Waals surface area contributed by atoms with E-state index in [9.17, 15) is 14.7 Å². The van der Waals surface area contributed by atoms with Gasteiger partial charge in [-0.2, -0.15) is 0 Å². The molecular formula is C15H14N2O3. The normalized spacial score (nSPS) is 10.1. The number of carbonyl (C=O) groups is 2. The van der Waals surface area contributed by atoms with Crippen molar-refractivity contribution in [3.8, 4) is 0 Å². The lowest BCUT2D eigenvalue weighted by atomic mass is 10.1. The van der Waals surface area contributed by atoms with Crippen molar-refractivity contribution in [1.29, 1.82) is 0 Å². The van der Waals surface area contributed by atoms with Crippen molar-refractivity contribution >= 4 is 17.6 Å². The fourth-order valence-corrected chi connectivity index (χ4v) is 1.93. The molecule has 0 bridgehead atoms. The molecule has 0 radical (unpaired) electrons. The Kier molecular flexibility index (Phi) is 3.79. The van der Waals surface area contributed by atoms with Gasteiger partial charge in [-0.25, -0.2) is 4.79 Å². The molecule has 0 saturated carbocycles. The van der Waals surface area contributed by atoms with Gasteiger partial charge < -0.3 is 10.4 Å². The van der Waals surface area contributed by atoms with Crippen LogP contribution in [0.4, 0.5) is 5.69 Å². The molecule has 2 aromatic rings. The minimum absolute atomic E-state index is 0.0986. The van der Waals surface area contributed by atoms with Crippen molar-refractivity contribution in [2.45, 2.75) is 13.8 Å². The zero-order chi connectivity index (χ0) is 14.7. The van der Waals surface area contributed by atoms with E-state index in [1.807, 2.05) is 6.92 Å². The quantitative estimate of drug-likeness (QED) is 0.898. The molecule has 20 heavy (non-hydrogen) atoms. The highest BCUT2D eigenvalue weighted by molar-refractivity contribution is 6.08. The van der Waals surface area contributed by atoms with Crippen molar-refractivity contribution in [3.05, 3.63) is 58.9 Å². The number of rotatable bonds is 3. The third-order valence-corrected chi connectivity index (χ3v) is 2.87. The maximum Gasteiger partial charge on any atom is 0.338 e. The Morgan fingerprint density at radius 1 is 1.20 bits per heavy atom. The van der Waals surface area contributed by atoms with Crippen LogP contribution >= 0.6 is 0 Å². The van der Waals surface area contributed by atoms with Gasteiger partial charge in [0.2, 0.25) is 0 Å². The van der Waals surface area contributed by atoms with E-state index in [0.717, 1.165) is 5.56 Å². The number of hydrogen-bond acceptors (Lipinski definition) is 3. The SMILES string of the molecule is Cc1cncc(C(=O)Nc2cccc(C)c2C(=O)O)c1. The predicted octanol–water partition coefficient (Wildman–Crippen LogP) is 2.65. The summed E-state index contributed by atoms with van der Waals surface area (Å²) >= 11 is 0. The highest BCUT2D eigenvalue weighted by Crippen LogP contribution is 2.20. The van der Waals surface area contributed by atoms with Gasteiger partial charge in [0.05, 0.1) is 16.8 Å². The van der Waals surface area contributed by atoms with Crippen LogP contribution in [0.25, 0.3) is 0 Å². The summed E-state index contributed by atoms with van der Waals surface area (Å²) in [6.07, 6.45) is 3.09. The smallest absolute Gasteiger partial charge is 0.338 e. The molecule has 0 spiro atoms. The lowest BCUT2D eigenvalue weighted by molar-refractivity contribution is 0.0697. The standard InChI is InChI=1S/C15H14N2O3/c1-9-6-11(8-16-7-9)14(18)17-12-5-3-4-10(2)13(12)15(19)20/h3-8H,1-2H3,(H,17,18)(H,19,20). The van der Waals surface area contributed by atoms with Crippen LogP contribution in [0.2, 0.25) is 0 Å². The van der Waals surface area contributed by atoms with Crippen LogP contribution in [-0.2, 0) is 0 Å². The minimum atomic E-state index is -1.07. The molecule has 0 aliphatic carbocycles. The zero-order valence-electron chi connectivity index (χ0n) is 11.2. The van der Waals surface area contributed by atoms with Gasteiger partial charge in [-0.05, 0) is 37.1 Å². The maximum atomic E-state index is 12.1. The van der Waals surface area contributed by atoms with E-state index in [1.165, 1.54) is 6.20 Å². The third kappa shape index (κ3) is 2.83. The second kappa shape index (κ2) is 5.52. The summed E-state index contributed by atoms with van der Waals surface area (Å²) in [5, 5.41) is 11.8. The Morgan fingerprint density at radius 3 is 2.60 bits per heavy atom. The van der Waals surface area contributed by atoms with E-state index in [1.54, 1.807) is 37.4 Å². The Balaban J connectivity index is 2.33. The number of nitrogens with one attached hydrogen (secondary N) is 1. The molecule has 102 valence electrons. The van der Waals surface area contributed by atoms with E-state index in [2.05, 4.69) is 10.3 Å². The molecule has 0 fully saturated rings. The first kappa shape index (κ1) is 13.7. The number of carboxylic acid groups (broad SMARTS) is 1. The number of aromatic nitrogens is 1. The molecule has 0 aliphatic rings. The zero-order valence-corrected chi connectivity index (χ0v) is 11.2. The third-order valence-electron chi connectivity index (χ3n) is 2.87. The monoisotopic (exact) mass is 270 g/mol.